The van der Waals surface area contributed by atoms with Crippen molar-refractivity contribution < 1.29 is 77.0 Å². The number of hydrogen-bond acceptors (Lipinski definition) is 17. The van der Waals surface area contributed by atoms with Crippen LogP contribution in [0.2, 0.25) is 0 Å². The molecular formula is C75H124N14O16. The number of carbonyl (C=O) groups is 14. The first-order valence-electron chi connectivity index (χ1n) is 37.5. The number of hydrogen-bond donors (Lipinski definition) is 14. The van der Waals surface area contributed by atoms with Gasteiger partial charge in [-0.2, -0.15) is 0 Å². The number of cyclic esters (lactones) is 1. The maximum absolute atomic E-state index is 15.0. The molecule has 3 rings (SSSR count). The van der Waals surface area contributed by atoms with Gasteiger partial charge in [0.15, 0.2) is 0 Å². The summed E-state index contributed by atoms with van der Waals surface area (Å²) < 4.78 is 5.96. The third-order valence-corrected chi connectivity index (χ3v) is 19.3. The number of allylic oxidation sites excluding steroid dienone is 1. The van der Waals surface area contributed by atoms with E-state index >= 15 is 9.59 Å². The summed E-state index contributed by atoms with van der Waals surface area (Å²) in [6.07, 6.45) is 1.02. The van der Waals surface area contributed by atoms with E-state index < -0.39 is 203 Å². The number of nitrogens with one attached hydrogen (secondary N) is 12. The van der Waals surface area contributed by atoms with E-state index in [4.69, 9.17) is 10.5 Å². The van der Waals surface area contributed by atoms with Gasteiger partial charge in [-0.1, -0.05) is 166 Å². The van der Waals surface area contributed by atoms with Gasteiger partial charge < -0.3 is 84.3 Å². The Bertz CT molecular complexity index is 3160. The number of rotatable bonds is 33. The fraction of sp³-hybridized carbons (Fsp3) is 0.707. The summed E-state index contributed by atoms with van der Waals surface area (Å²) in [5.41, 5.74) is 6.34. The molecule has 15 N–H and O–H groups in total. The zero-order valence-electron chi connectivity index (χ0n) is 65.2. The lowest BCUT2D eigenvalue weighted by Crippen LogP contribution is -2.64. The van der Waals surface area contributed by atoms with Crippen molar-refractivity contribution in [2.75, 3.05) is 13.1 Å². The molecule has 2 heterocycles. The average Bonchev–Trinajstić information content (AvgIpc) is 1.79. The quantitative estimate of drug-likeness (QED) is 0.0353. The summed E-state index contributed by atoms with van der Waals surface area (Å²) in [4.78, 5) is 202. The van der Waals surface area contributed by atoms with Crippen LogP contribution in [-0.2, 0) is 78.3 Å². The number of ether oxygens (including phenoxy) is 1. The second-order valence-electron chi connectivity index (χ2n) is 30.2. The van der Waals surface area contributed by atoms with E-state index in [0.717, 1.165) is 6.42 Å². The third-order valence-electron chi connectivity index (χ3n) is 19.3. The van der Waals surface area contributed by atoms with E-state index in [1.165, 1.54) is 31.7 Å². The lowest BCUT2D eigenvalue weighted by molar-refractivity contribution is -0.157. The molecular weight excluding hydrogens is 1350 g/mol. The number of nitrogens with zero attached hydrogens (tertiary/aromatic N) is 1. The molecule has 0 bridgehead atoms. The van der Waals surface area contributed by atoms with E-state index in [1.807, 2.05) is 13.8 Å². The van der Waals surface area contributed by atoms with Crippen molar-refractivity contribution in [3.63, 3.8) is 0 Å². The van der Waals surface area contributed by atoms with Crippen LogP contribution in [0.4, 0.5) is 0 Å². The smallest absolute Gasteiger partial charge is 0.329 e. The van der Waals surface area contributed by atoms with Gasteiger partial charge in [0, 0.05) is 19.4 Å². The van der Waals surface area contributed by atoms with Crippen molar-refractivity contribution in [2.45, 2.75) is 280 Å². The normalized spacial score (nSPS) is 22.6. The summed E-state index contributed by atoms with van der Waals surface area (Å²) >= 11 is 0. The Kier molecular flexibility index (Phi) is 37.8. The van der Waals surface area contributed by atoms with Gasteiger partial charge in [-0.3, -0.25) is 62.3 Å². The topological polar surface area (TPSA) is 442 Å². The number of esters is 1. The highest BCUT2D eigenvalue weighted by molar-refractivity contribution is 6.03. The van der Waals surface area contributed by atoms with Gasteiger partial charge in [-0.15, -0.1) is 0 Å². The number of aliphatic hydroxyl groups excluding tert-OH is 1. The first-order chi connectivity index (χ1) is 49.2. The molecule has 13 amide bonds. The van der Waals surface area contributed by atoms with E-state index in [1.54, 1.807) is 127 Å². The van der Waals surface area contributed by atoms with Crippen LogP contribution < -0.4 is 69.5 Å². The summed E-state index contributed by atoms with van der Waals surface area (Å²) in [6, 6.07) is -7.67. The predicted octanol–water partition coefficient (Wildman–Crippen LogP) is 1.84. The molecule has 16 unspecified atom stereocenters. The van der Waals surface area contributed by atoms with Crippen molar-refractivity contribution in [1.29, 1.82) is 0 Å². The van der Waals surface area contributed by atoms with E-state index in [2.05, 4.69) is 63.8 Å². The highest BCUT2D eigenvalue weighted by Crippen LogP contribution is 2.23. The molecule has 0 spiro atoms. The van der Waals surface area contributed by atoms with Crippen LogP contribution in [0, 0.1) is 47.3 Å². The minimum atomic E-state index is -1.83. The molecule has 0 aliphatic carbocycles. The maximum atomic E-state index is 15.0. The molecule has 2 aliphatic rings. The van der Waals surface area contributed by atoms with Crippen LogP contribution >= 0.6 is 0 Å². The van der Waals surface area contributed by atoms with Gasteiger partial charge in [0.1, 0.15) is 84.3 Å². The van der Waals surface area contributed by atoms with Gasteiger partial charge >= 0.3 is 5.97 Å². The van der Waals surface area contributed by atoms with Crippen LogP contribution in [0.1, 0.15) is 195 Å². The van der Waals surface area contributed by atoms with Crippen molar-refractivity contribution >= 4 is 82.8 Å². The number of benzene rings is 1. The zero-order valence-corrected chi connectivity index (χ0v) is 65.2. The average molecular weight is 1480 g/mol. The number of carbonyl (C=O) groups excluding carboxylic acids is 14. The number of nitrogens with two attached hydrogens (primary N) is 1. The number of amides is 13. The number of likely N-dealkylation sites (tertiary alicyclic amines) is 1. The lowest BCUT2D eigenvalue weighted by atomic mass is 9.95. The SMILES string of the molecule is C/C=C1\NC(=O)C(Cc2ccccc2)NC(=O)C(C(C)C)NC(=O)C(C(C)CC)NC(=O)C(NC(=O)C(NC(=O)C(CCCN)NC(=O)C2CCCN2C(=O)C(NC(=O)C(NC(=O)C(NC(=O)C(NC(=O)CCCC(C)C)C(C)C)C(C)O)C(C)C)C(C)C)C(C)CC)C(C)OC(=O)C(C(C)C)NC1=O. The Morgan fingerprint density at radius 1 is 0.610 bits per heavy atom. The minimum Gasteiger partial charge on any atom is -0.458 e. The monoisotopic (exact) mass is 1480 g/mol. The second-order valence-corrected chi connectivity index (χ2v) is 30.2. The molecule has 16 atom stereocenters. The number of aliphatic hydroxyl groups is 1. The molecule has 1 aromatic carbocycles. The first kappa shape index (κ1) is 90.7. The Labute approximate surface area is 620 Å². The molecule has 105 heavy (non-hydrogen) atoms. The third kappa shape index (κ3) is 27.7. The van der Waals surface area contributed by atoms with Crippen molar-refractivity contribution in [1.82, 2.24) is 68.7 Å². The summed E-state index contributed by atoms with van der Waals surface area (Å²) in [5.74, 6) is -15.1. The first-order valence-corrected chi connectivity index (χ1v) is 37.5. The van der Waals surface area contributed by atoms with Crippen molar-refractivity contribution in [3.05, 3.63) is 47.7 Å². The second kappa shape index (κ2) is 43.8. The molecule has 0 aromatic heterocycles. The summed E-state index contributed by atoms with van der Waals surface area (Å²) in [5, 5.41) is 43.2. The van der Waals surface area contributed by atoms with E-state index in [0.29, 0.717) is 30.7 Å². The summed E-state index contributed by atoms with van der Waals surface area (Å²) in [6.45, 7) is 31.8. The Hall–Kier alpha value is -8.54. The van der Waals surface area contributed by atoms with E-state index in [-0.39, 0.29) is 63.2 Å². The fourth-order valence-corrected chi connectivity index (χ4v) is 12.1. The van der Waals surface area contributed by atoms with Crippen LogP contribution in [0.25, 0.3) is 0 Å². The van der Waals surface area contributed by atoms with Crippen LogP contribution in [0.15, 0.2) is 42.1 Å². The summed E-state index contributed by atoms with van der Waals surface area (Å²) in [7, 11) is 0. The molecule has 590 valence electrons. The Balaban J connectivity index is 2.00. The zero-order chi connectivity index (χ0) is 79.4. The molecule has 0 saturated carbocycles. The minimum absolute atomic E-state index is 0.0355. The van der Waals surface area contributed by atoms with E-state index in [9.17, 15) is 62.6 Å². The maximum Gasteiger partial charge on any atom is 0.329 e. The standard InChI is InChI=1S/C75H124N14O16/c1-20-44(16)59(71(100)88-62-47(19)105-75(104)58(43(14)15)84-63(92)49(22-3)77-65(94)51(37-48-30-24-23-25-31-48)79-67(96)55(40(8)9)81-70(99)60(45(17)21-2)86-73(62)102)85-64(93)50(32-27-35-76)78-66(95)52-33-28-36-89(52)74(103)57(42(12)13)83-69(98)56(41(10)11)82-72(101)61(46(18)90)87-68(97)54(39(6)7)80-53(91)34-26-29-38(4)5/h22-25,30-31,38-47,50-52,54-62,90H,20-21,26-29,32-37,76H2,1-19H3,(H,77,94)(H,78,95)(H,79,96)(H,80,91)(H,81,99)(H,82,101)(H,83,98)(H,84,92)(H,85,93)(H,86,102)(H,87,97)(H,88,100)/b49-22-. The van der Waals surface area contributed by atoms with Crippen LogP contribution in [0.3, 0.4) is 0 Å². The molecule has 30 nitrogen and oxygen atoms in total. The lowest BCUT2D eigenvalue weighted by Gasteiger charge is -2.33. The molecule has 1 aromatic rings. The van der Waals surface area contributed by atoms with Crippen molar-refractivity contribution in [3.8, 4) is 0 Å². The molecule has 2 saturated heterocycles. The van der Waals surface area contributed by atoms with Crippen LogP contribution in [-0.4, -0.2) is 191 Å². The van der Waals surface area contributed by atoms with Gasteiger partial charge in [-0.25, -0.2) is 4.79 Å². The van der Waals surface area contributed by atoms with Gasteiger partial charge in [-0.05, 0) is 112 Å². The molecule has 2 aliphatic heterocycles. The molecule has 2 fully saturated rings. The molecule has 0 radical (unpaired) electrons. The Morgan fingerprint density at radius 3 is 1.69 bits per heavy atom. The highest BCUT2D eigenvalue weighted by atomic mass is 16.5. The van der Waals surface area contributed by atoms with Gasteiger partial charge in [0.25, 0.3) is 5.91 Å². The van der Waals surface area contributed by atoms with Gasteiger partial charge in [0.05, 0.1) is 6.10 Å². The van der Waals surface area contributed by atoms with Gasteiger partial charge in [0.2, 0.25) is 70.9 Å². The fourth-order valence-electron chi connectivity index (χ4n) is 12.1. The van der Waals surface area contributed by atoms with Crippen molar-refractivity contribution in [2.24, 2.45) is 53.1 Å². The highest BCUT2D eigenvalue weighted by Gasteiger charge is 2.44. The van der Waals surface area contributed by atoms with Crippen LogP contribution in [0.5, 0.6) is 0 Å². The largest absolute Gasteiger partial charge is 0.458 e. The predicted molar refractivity (Wildman–Crippen MR) is 395 cm³/mol. The molecule has 30 heteroatoms. The Morgan fingerprint density at radius 2 is 1.15 bits per heavy atom.